The van der Waals surface area contributed by atoms with E-state index in [1.165, 1.54) is 0 Å². The van der Waals surface area contributed by atoms with Crippen molar-refractivity contribution in [3.8, 4) is 0 Å². The molecule has 1 rings (SSSR count). The normalized spacial score (nSPS) is 15.4. The number of hydrogen-bond donors (Lipinski definition) is 0. The summed E-state index contributed by atoms with van der Waals surface area (Å²) in [6, 6.07) is 3.11. The molecule has 6 heteroatoms. The lowest BCUT2D eigenvalue weighted by atomic mass is 10.3. The number of alkyl halides is 1. The maximum Gasteiger partial charge on any atom is 0.152 e. The van der Waals surface area contributed by atoms with E-state index in [1.807, 2.05) is 6.92 Å². The van der Waals surface area contributed by atoms with Crippen molar-refractivity contribution in [2.24, 2.45) is 10.2 Å². The monoisotopic (exact) mass is 298 g/mol. The van der Waals surface area contributed by atoms with Crippen molar-refractivity contribution in [1.82, 2.24) is 0 Å². The Morgan fingerprint density at radius 2 is 1.69 bits per heavy atom. The van der Waals surface area contributed by atoms with E-state index in [1.54, 1.807) is 19.1 Å². The van der Waals surface area contributed by atoms with E-state index < -0.39 is 5.00 Å². The van der Waals surface area contributed by atoms with Gasteiger partial charge in [0.05, 0.1) is 10.0 Å². The number of nitrogens with zero attached hydrogens (tertiary/aromatic N) is 2. The van der Waals surface area contributed by atoms with E-state index in [-0.39, 0.29) is 0 Å². The lowest BCUT2D eigenvalue weighted by Crippen LogP contribution is -2.08. The fraction of sp³-hybridized carbons (Fsp3) is 0.400. The molecule has 0 aliphatic carbocycles. The van der Waals surface area contributed by atoms with E-state index in [0.717, 1.165) is 0 Å². The second-order valence-electron chi connectivity index (χ2n) is 3.41. The summed E-state index contributed by atoms with van der Waals surface area (Å²) >= 11 is 23.7. The second kappa shape index (κ2) is 5.54. The molecular weight excluding hydrogens is 290 g/mol. The molecule has 2 nitrogen and oxygen atoms in total. The summed E-state index contributed by atoms with van der Waals surface area (Å²) in [6.07, 6.45) is 0.654. The van der Waals surface area contributed by atoms with Gasteiger partial charge >= 0.3 is 0 Å². The van der Waals surface area contributed by atoms with Crippen LogP contribution in [-0.4, -0.2) is 5.00 Å². The molecular formula is C10H10Cl4N2. The van der Waals surface area contributed by atoms with Crippen LogP contribution in [-0.2, 0) is 0 Å². The van der Waals surface area contributed by atoms with Crippen LogP contribution in [0, 0.1) is 0 Å². The SMILES string of the molecule is CCC(C)(Cl)N=Nc1c(Cl)cc(Cl)cc1Cl. The van der Waals surface area contributed by atoms with E-state index in [0.29, 0.717) is 27.2 Å². The van der Waals surface area contributed by atoms with Gasteiger partial charge in [0.1, 0.15) is 5.69 Å². The van der Waals surface area contributed by atoms with Gasteiger partial charge in [0.2, 0.25) is 0 Å². The summed E-state index contributed by atoms with van der Waals surface area (Å²) in [5.74, 6) is 0. The minimum Gasteiger partial charge on any atom is -0.166 e. The van der Waals surface area contributed by atoms with Crippen LogP contribution in [0.3, 0.4) is 0 Å². The third kappa shape index (κ3) is 3.77. The van der Waals surface area contributed by atoms with Gasteiger partial charge in [-0.2, -0.15) is 10.2 Å². The van der Waals surface area contributed by atoms with Crippen molar-refractivity contribution < 1.29 is 0 Å². The predicted octanol–water partition coefficient (Wildman–Crippen LogP) is 6.10. The molecule has 88 valence electrons. The highest BCUT2D eigenvalue weighted by Gasteiger charge is 2.17. The number of rotatable bonds is 3. The average Bonchev–Trinajstić information content (AvgIpc) is 2.16. The molecule has 0 aliphatic heterocycles. The summed E-state index contributed by atoms with van der Waals surface area (Å²) in [5, 5.41) is 9.09. The van der Waals surface area contributed by atoms with Crippen LogP contribution in [0.25, 0.3) is 0 Å². The molecule has 1 aromatic carbocycles. The van der Waals surface area contributed by atoms with Crippen molar-refractivity contribution in [3.05, 3.63) is 27.2 Å². The van der Waals surface area contributed by atoms with Gasteiger partial charge in [-0.3, -0.25) is 0 Å². The van der Waals surface area contributed by atoms with Crippen LogP contribution in [0.5, 0.6) is 0 Å². The highest BCUT2D eigenvalue weighted by atomic mass is 35.5. The van der Waals surface area contributed by atoms with Gasteiger partial charge in [0.25, 0.3) is 0 Å². The summed E-state index contributed by atoms with van der Waals surface area (Å²) < 4.78 is 0. The summed E-state index contributed by atoms with van der Waals surface area (Å²) in [4.78, 5) is -0.744. The molecule has 0 bridgehead atoms. The average molecular weight is 300 g/mol. The zero-order chi connectivity index (χ0) is 12.3. The van der Waals surface area contributed by atoms with Crippen molar-refractivity contribution in [2.75, 3.05) is 0 Å². The highest BCUT2D eigenvalue weighted by molar-refractivity contribution is 6.41. The Hall–Kier alpha value is -0.0200. The zero-order valence-electron chi connectivity index (χ0n) is 8.77. The van der Waals surface area contributed by atoms with E-state index in [9.17, 15) is 0 Å². The Balaban J connectivity index is 3.07. The lowest BCUT2D eigenvalue weighted by molar-refractivity contribution is 0.609. The third-order valence-electron chi connectivity index (χ3n) is 1.99. The summed E-state index contributed by atoms with van der Waals surface area (Å²) in [5.41, 5.74) is 0.382. The largest absolute Gasteiger partial charge is 0.166 e. The quantitative estimate of drug-likeness (QED) is 0.366. The molecule has 1 unspecified atom stereocenters. The van der Waals surface area contributed by atoms with Crippen LogP contribution in [0.1, 0.15) is 20.3 Å². The predicted molar refractivity (Wildman–Crippen MR) is 70.5 cm³/mol. The molecule has 0 amide bonds. The first-order valence-corrected chi connectivity index (χ1v) is 6.13. The van der Waals surface area contributed by atoms with Gasteiger partial charge < -0.3 is 0 Å². The molecule has 0 heterocycles. The van der Waals surface area contributed by atoms with E-state index in [2.05, 4.69) is 10.2 Å². The van der Waals surface area contributed by atoms with Crippen molar-refractivity contribution in [2.45, 2.75) is 25.3 Å². The second-order valence-corrected chi connectivity index (χ2v) is 5.48. The number of benzene rings is 1. The molecule has 0 saturated heterocycles. The maximum atomic E-state index is 6.03. The Morgan fingerprint density at radius 1 is 1.19 bits per heavy atom. The Kier molecular flexibility index (Phi) is 4.87. The molecule has 0 radical (unpaired) electrons. The van der Waals surface area contributed by atoms with Crippen molar-refractivity contribution in [1.29, 1.82) is 0 Å². The minimum absolute atomic E-state index is 0.352. The van der Waals surface area contributed by atoms with Gasteiger partial charge in [-0.1, -0.05) is 53.3 Å². The fourth-order valence-corrected chi connectivity index (χ4v) is 1.79. The van der Waals surface area contributed by atoms with Crippen LogP contribution < -0.4 is 0 Å². The first-order valence-electron chi connectivity index (χ1n) is 4.62. The molecule has 0 spiro atoms. The molecule has 16 heavy (non-hydrogen) atoms. The third-order valence-corrected chi connectivity index (χ3v) is 3.12. The molecule has 0 aromatic heterocycles. The number of azo groups is 1. The molecule has 0 saturated carbocycles. The molecule has 0 fully saturated rings. The smallest absolute Gasteiger partial charge is 0.152 e. The minimum atomic E-state index is -0.744. The first-order chi connectivity index (χ1) is 7.35. The molecule has 1 atom stereocenters. The van der Waals surface area contributed by atoms with Gasteiger partial charge in [-0.25, -0.2) is 0 Å². The molecule has 0 aliphatic rings. The Labute approximate surface area is 115 Å². The summed E-state index contributed by atoms with van der Waals surface area (Å²) in [6.45, 7) is 3.67. The highest BCUT2D eigenvalue weighted by Crippen LogP contribution is 2.37. The Bertz CT molecular complexity index is 392. The van der Waals surface area contributed by atoms with Gasteiger partial charge in [0, 0.05) is 5.02 Å². The lowest BCUT2D eigenvalue weighted by Gasteiger charge is -2.11. The maximum absolute atomic E-state index is 6.03. The summed E-state index contributed by atoms with van der Waals surface area (Å²) in [7, 11) is 0. The fourth-order valence-electron chi connectivity index (χ4n) is 0.855. The van der Waals surface area contributed by atoms with Crippen LogP contribution in [0.4, 0.5) is 5.69 Å². The van der Waals surface area contributed by atoms with Gasteiger partial charge in [0.15, 0.2) is 5.00 Å². The topological polar surface area (TPSA) is 24.7 Å². The van der Waals surface area contributed by atoms with E-state index >= 15 is 0 Å². The zero-order valence-corrected chi connectivity index (χ0v) is 11.8. The van der Waals surface area contributed by atoms with Crippen LogP contribution in [0.2, 0.25) is 15.1 Å². The Morgan fingerprint density at radius 3 is 2.12 bits per heavy atom. The van der Waals surface area contributed by atoms with Crippen LogP contribution >= 0.6 is 46.4 Å². The standard InChI is InChI=1S/C10H10Cl4N2/c1-3-10(2,14)16-15-9-7(12)4-6(11)5-8(9)13/h4-5H,3H2,1-2H3. The first kappa shape index (κ1) is 14.0. The molecule has 1 aromatic rings. The van der Waals surface area contributed by atoms with Crippen molar-refractivity contribution in [3.63, 3.8) is 0 Å². The molecule has 0 N–H and O–H groups in total. The van der Waals surface area contributed by atoms with Crippen molar-refractivity contribution >= 4 is 52.1 Å². The van der Waals surface area contributed by atoms with Gasteiger partial charge in [-0.05, 0) is 25.5 Å². The number of halogens is 4. The number of hydrogen-bond acceptors (Lipinski definition) is 2. The van der Waals surface area contributed by atoms with E-state index in [4.69, 9.17) is 46.4 Å². The van der Waals surface area contributed by atoms with Gasteiger partial charge in [-0.15, -0.1) is 0 Å². The van der Waals surface area contributed by atoms with Crippen LogP contribution in [0.15, 0.2) is 22.4 Å².